The first-order valence-electron chi connectivity index (χ1n) is 7.84. The zero-order chi connectivity index (χ0) is 18.0. The van der Waals surface area contributed by atoms with E-state index in [1.165, 1.54) is 18.9 Å². The molecule has 1 heterocycles. The number of benzene rings is 2. The molecule has 0 spiro atoms. The van der Waals surface area contributed by atoms with Gasteiger partial charge in [0.15, 0.2) is 5.17 Å². The van der Waals surface area contributed by atoms with Gasteiger partial charge in [-0.2, -0.15) is 0 Å². The second kappa shape index (κ2) is 7.19. The van der Waals surface area contributed by atoms with Crippen LogP contribution in [0, 0.1) is 0 Å². The van der Waals surface area contributed by atoms with Crippen LogP contribution in [0.3, 0.4) is 0 Å². The summed E-state index contributed by atoms with van der Waals surface area (Å²) in [6, 6.07) is 11.4. The van der Waals surface area contributed by atoms with E-state index in [1.54, 1.807) is 7.11 Å². The lowest BCUT2D eigenvalue weighted by Crippen LogP contribution is -2.30. The SMILES string of the molecule is COC(=O)C1=C(C)NC(SC)=NC1c1c(OC)ccc2ccccc12. The van der Waals surface area contributed by atoms with Crippen LogP contribution in [-0.4, -0.2) is 31.6 Å². The van der Waals surface area contributed by atoms with Gasteiger partial charge >= 0.3 is 5.97 Å². The number of fused-ring (bicyclic) bond motifs is 1. The zero-order valence-electron chi connectivity index (χ0n) is 14.6. The van der Waals surface area contributed by atoms with Gasteiger partial charge in [-0.25, -0.2) is 9.79 Å². The number of hydrogen-bond donors (Lipinski definition) is 1. The van der Waals surface area contributed by atoms with Crippen molar-refractivity contribution in [1.29, 1.82) is 0 Å². The van der Waals surface area contributed by atoms with Gasteiger partial charge in [-0.1, -0.05) is 42.1 Å². The third-order valence-electron chi connectivity index (χ3n) is 4.24. The van der Waals surface area contributed by atoms with Crippen LogP contribution in [0.5, 0.6) is 5.75 Å². The van der Waals surface area contributed by atoms with Crippen LogP contribution in [-0.2, 0) is 9.53 Å². The van der Waals surface area contributed by atoms with Crippen molar-refractivity contribution < 1.29 is 14.3 Å². The second-order valence-corrected chi connectivity index (χ2v) is 6.39. The van der Waals surface area contributed by atoms with Gasteiger partial charge in [0.25, 0.3) is 0 Å². The number of carbonyl (C=O) groups is 1. The lowest BCUT2D eigenvalue weighted by atomic mass is 9.91. The standard InChI is InChI=1S/C19H20N2O3S/c1-11-15(18(22)24-3)17(21-19(20-11)25-4)16-13-8-6-5-7-12(13)9-10-14(16)23-2/h5-10,17H,1-4H3,(H,20,21). The number of rotatable bonds is 3. The molecule has 1 unspecified atom stereocenters. The Balaban J connectivity index is 2.31. The summed E-state index contributed by atoms with van der Waals surface area (Å²) < 4.78 is 10.6. The van der Waals surface area contributed by atoms with E-state index < -0.39 is 12.0 Å². The Kier molecular flexibility index (Phi) is 4.99. The van der Waals surface area contributed by atoms with Gasteiger partial charge in [-0.15, -0.1) is 0 Å². The number of thioether (sulfide) groups is 1. The Hall–Kier alpha value is -2.47. The van der Waals surface area contributed by atoms with Gasteiger partial charge in [-0.3, -0.25) is 0 Å². The molecule has 0 aliphatic carbocycles. The molecule has 0 radical (unpaired) electrons. The van der Waals surface area contributed by atoms with Gasteiger partial charge in [0.2, 0.25) is 0 Å². The van der Waals surface area contributed by atoms with Crippen molar-refractivity contribution in [3.8, 4) is 5.75 Å². The average molecular weight is 356 g/mol. The Bertz CT molecular complexity index is 889. The van der Waals surface area contributed by atoms with Crippen LogP contribution in [0.15, 0.2) is 52.7 Å². The summed E-state index contributed by atoms with van der Waals surface area (Å²) in [6.45, 7) is 1.86. The molecule has 3 rings (SSSR count). The molecular formula is C19H20N2O3S. The fourth-order valence-electron chi connectivity index (χ4n) is 3.07. The largest absolute Gasteiger partial charge is 0.496 e. The predicted octanol–water partition coefficient (Wildman–Crippen LogP) is 3.66. The average Bonchev–Trinajstić information content (AvgIpc) is 2.65. The van der Waals surface area contributed by atoms with E-state index in [0.717, 1.165) is 27.2 Å². The first kappa shape index (κ1) is 17.4. The minimum absolute atomic E-state index is 0.395. The topological polar surface area (TPSA) is 59.9 Å². The van der Waals surface area contributed by atoms with Gasteiger partial charge in [-0.05, 0) is 30.0 Å². The van der Waals surface area contributed by atoms with E-state index >= 15 is 0 Å². The van der Waals surface area contributed by atoms with E-state index in [0.29, 0.717) is 11.3 Å². The number of ether oxygens (including phenoxy) is 2. The normalized spacial score (nSPS) is 17.1. The lowest BCUT2D eigenvalue weighted by Gasteiger charge is -2.27. The highest BCUT2D eigenvalue weighted by Gasteiger charge is 2.32. The van der Waals surface area contributed by atoms with Crippen molar-refractivity contribution in [2.24, 2.45) is 4.99 Å². The Morgan fingerprint density at radius 2 is 1.96 bits per heavy atom. The molecule has 0 fully saturated rings. The maximum atomic E-state index is 12.5. The molecule has 0 bridgehead atoms. The second-order valence-electron chi connectivity index (χ2n) is 5.60. The molecule has 1 aliphatic heterocycles. The molecule has 2 aromatic carbocycles. The van der Waals surface area contributed by atoms with Crippen LogP contribution in [0.25, 0.3) is 10.8 Å². The highest BCUT2D eigenvalue weighted by molar-refractivity contribution is 8.13. The third kappa shape index (κ3) is 3.09. The molecule has 0 aromatic heterocycles. The van der Waals surface area contributed by atoms with E-state index in [1.807, 2.05) is 49.6 Å². The number of amidine groups is 1. The van der Waals surface area contributed by atoms with E-state index in [4.69, 9.17) is 14.5 Å². The molecule has 5 nitrogen and oxygen atoms in total. The molecule has 0 saturated carbocycles. The number of allylic oxidation sites excluding steroid dienone is 1. The van der Waals surface area contributed by atoms with Crippen molar-refractivity contribution in [2.75, 3.05) is 20.5 Å². The molecule has 1 N–H and O–H groups in total. The number of methoxy groups -OCH3 is 2. The van der Waals surface area contributed by atoms with Crippen molar-refractivity contribution in [3.05, 3.63) is 53.2 Å². The van der Waals surface area contributed by atoms with Crippen LogP contribution in [0.2, 0.25) is 0 Å². The third-order valence-corrected chi connectivity index (χ3v) is 4.84. The maximum absolute atomic E-state index is 12.5. The summed E-state index contributed by atoms with van der Waals surface area (Å²) in [5.41, 5.74) is 2.11. The number of carbonyl (C=O) groups excluding carboxylic acids is 1. The molecule has 6 heteroatoms. The number of aliphatic imine (C=N–C) groups is 1. The predicted molar refractivity (Wildman–Crippen MR) is 102 cm³/mol. The molecule has 0 saturated heterocycles. The summed E-state index contributed by atoms with van der Waals surface area (Å²) in [5.74, 6) is 0.304. The Labute approximate surface area is 151 Å². The Morgan fingerprint density at radius 3 is 2.64 bits per heavy atom. The molecule has 1 aliphatic rings. The van der Waals surface area contributed by atoms with Crippen LogP contribution >= 0.6 is 11.8 Å². The number of hydrogen-bond acceptors (Lipinski definition) is 6. The van der Waals surface area contributed by atoms with Crippen molar-refractivity contribution in [3.63, 3.8) is 0 Å². The van der Waals surface area contributed by atoms with Crippen LogP contribution in [0.4, 0.5) is 0 Å². The van der Waals surface area contributed by atoms with E-state index in [9.17, 15) is 4.79 Å². The van der Waals surface area contributed by atoms with Gasteiger partial charge in [0.05, 0.1) is 19.8 Å². The van der Waals surface area contributed by atoms with Gasteiger partial charge < -0.3 is 14.8 Å². The van der Waals surface area contributed by atoms with Crippen molar-refractivity contribution in [1.82, 2.24) is 5.32 Å². The van der Waals surface area contributed by atoms with Crippen molar-refractivity contribution in [2.45, 2.75) is 13.0 Å². The van der Waals surface area contributed by atoms with E-state index in [-0.39, 0.29) is 0 Å². The molecule has 0 amide bonds. The molecular weight excluding hydrogens is 336 g/mol. The first-order valence-corrected chi connectivity index (χ1v) is 9.06. The van der Waals surface area contributed by atoms with Crippen molar-refractivity contribution >= 4 is 33.7 Å². The minimum atomic E-state index is -0.489. The highest BCUT2D eigenvalue weighted by Crippen LogP contribution is 2.41. The molecule has 25 heavy (non-hydrogen) atoms. The summed E-state index contributed by atoms with van der Waals surface area (Å²) in [4.78, 5) is 17.2. The zero-order valence-corrected chi connectivity index (χ0v) is 15.4. The fraction of sp³-hybridized carbons (Fsp3) is 0.263. The fourth-order valence-corrected chi connectivity index (χ4v) is 3.54. The first-order chi connectivity index (χ1) is 12.1. The number of nitrogens with one attached hydrogen (secondary N) is 1. The molecule has 2 aromatic rings. The monoisotopic (exact) mass is 356 g/mol. The summed E-state index contributed by atoms with van der Waals surface area (Å²) in [5, 5.41) is 6.00. The molecule has 130 valence electrons. The molecule has 1 atom stereocenters. The number of nitrogens with zero attached hydrogens (tertiary/aromatic N) is 1. The minimum Gasteiger partial charge on any atom is -0.496 e. The number of esters is 1. The summed E-state index contributed by atoms with van der Waals surface area (Å²) in [7, 11) is 3.01. The Morgan fingerprint density at radius 1 is 1.20 bits per heavy atom. The lowest BCUT2D eigenvalue weighted by molar-refractivity contribution is -0.136. The summed E-state index contributed by atoms with van der Waals surface area (Å²) >= 11 is 1.50. The highest BCUT2D eigenvalue weighted by atomic mass is 32.2. The smallest absolute Gasteiger partial charge is 0.338 e. The van der Waals surface area contributed by atoms with Gasteiger partial charge in [0, 0.05) is 11.3 Å². The summed E-state index contributed by atoms with van der Waals surface area (Å²) in [6.07, 6.45) is 1.94. The van der Waals surface area contributed by atoms with Crippen LogP contribution in [0.1, 0.15) is 18.5 Å². The van der Waals surface area contributed by atoms with Crippen LogP contribution < -0.4 is 10.1 Å². The quantitative estimate of drug-likeness (QED) is 0.851. The van der Waals surface area contributed by atoms with E-state index in [2.05, 4.69) is 5.32 Å². The maximum Gasteiger partial charge on any atom is 0.338 e. The van der Waals surface area contributed by atoms with Gasteiger partial charge in [0.1, 0.15) is 11.8 Å².